The zero-order valence-electron chi connectivity index (χ0n) is 13.0. The van der Waals surface area contributed by atoms with E-state index in [1.54, 1.807) is 10.9 Å². The van der Waals surface area contributed by atoms with Crippen molar-refractivity contribution in [3.63, 3.8) is 0 Å². The Morgan fingerprint density at radius 1 is 1.26 bits per heavy atom. The molecule has 0 saturated heterocycles. The molecule has 7 nitrogen and oxygen atoms in total. The summed E-state index contributed by atoms with van der Waals surface area (Å²) in [6.07, 6.45) is 4.91. The molecule has 1 unspecified atom stereocenters. The first-order chi connectivity index (χ1) is 11.2. The van der Waals surface area contributed by atoms with Gasteiger partial charge in [0.25, 0.3) is 5.91 Å². The lowest BCUT2D eigenvalue weighted by Crippen LogP contribution is -2.17. The molecule has 0 aliphatic heterocycles. The van der Waals surface area contributed by atoms with E-state index in [9.17, 15) is 4.79 Å². The quantitative estimate of drug-likeness (QED) is 0.784. The summed E-state index contributed by atoms with van der Waals surface area (Å²) in [5, 5.41) is 14.8. The minimum Gasteiger partial charge on any atom is -0.318 e. The van der Waals surface area contributed by atoms with E-state index in [2.05, 4.69) is 39.8 Å². The van der Waals surface area contributed by atoms with Gasteiger partial charge in [0.1, 0.15) is 5.69 Å². The fourth-order valence-corrected chi connectivity index (χ4v) is 2.36. The van der Waals surface area contributed by atoms with Gasteiger partial charge in [0.2, 0.25) is 0 Å². The predicted molar refractivity (Wildman–Crippen MR) is 86.1 cm³/mol. The van der Waals surface area contributed by atoms with Gasteiger partial charge < -0.3 is 5.32 Å². The first-order valence-electron chi connectivity index (χ1n) is 7.48. The van der Waals surface area contributed by atoms with E-state index in [0.29, 0.717) is 17.9 Å². The number of nitrogens with one attached hydrogen (secondary N) is 1. The SMILES string of the molecule is CCn1nncc1C(=O)Nc1cnn(C(C)c2ccccc2)c1. The zero-order chi connectivity index (χ0) is 16.2. The number of carbonyl (C=O) groups excluding carboxylic acids is 1. The lowest BCUT2D eigenvalue weighted by Gasteiger charge is -2.12. The van der Waals surface area contributed by atoms with Gasteiger partial charge in [-0.3, -0.25) is 9.48 Å². The smallest absolute Gasteiger partial charge is 0.275 e. The van der Waals surface area contributed by atoms with Gasteiger partial charge in [-0.2, -0.15) is 5.10 Å². The molecule has 1 atom stereocenters. The molecular formula is C16H18N6O. The van der Waals surface area contributed by atoms with Crippen molar-refractivity contribution in [3.05, 3.63) is 60.2 Å². The van der Waals surface area contributed by atoms with Gasteiger partial charge in [-0.25, -0.2) is 4.68 Å². The van der Waals surface area contributed by atoms with E-state index >= 15 is 0 Å². The molecule has 3 rings (SSSR count). The molecule has 0 aliphatic rings. The fourth-order valence-electron chi connectivity index (χ4n) is 2.36. The number of rotatable bonds is 5. The van der Waals surface area contributed by atoms with Crippen molar-refractivity contribution in [2.24, 2.45) is 0 Å². The summed E-state index contributed by atoms with van der Waals surface area (Å²) in [6.45, 7) is 4.56. The van der Waals surface area contributed by atoms with Gasteiger partial charge in [0.05, 0.1) is 24.1 Å². The second-order valence-electron chi connectivity index (χ2n) is 5.18. The first kappa shape index (κ1) is 15.0. The second-order valence-corrected chi connectivity index (χ2v) is 5.18. The monoisotopic (exact) mass is 310 g/mol. The van der Waals surface area contributed by atoms with Gasteiger partial charge in [-0.15, -0.1) is 5.10 Å². The summed E-state index contributed by atoms with van der Waals surface area (Å²) in [4.78, 5) is 12.3. The van der Waals surface area contributed by atoms with Crippen molar-refractivity contribution >= 4 is 11.6 Å². The largest absolute Gasteiger partial charge is 0.318 e. The Kier molecular flexibility index (Phi) is 4.18. The van der Waals surface area contributed by atoms with Crippen LogP contribution in [-0.4, -0.2) is 30.7 Å². The highest BCUT2D eigenvalue weighted by Crippen LogP contribution is 2.18. The summed E-state index contributed by atoms with van der Waals surface area (Å²) >= 11 is 0. The number of aryl methyl sites for hydroxylation is 1. The minimum absolute atomic E-state index is 0.0877. The number of carbonyl (C=O) groups is 1. The van der Waals surface area contributed by atoms with Crippen molar-refractivity contribution in [2.45, 2.75) is 26.4 Å². The molecule has 2 heterocycles. The van der Waals surface area contributed by atoms with Crippen molar-refractivity contribution in [3.8, 4) is 0 Å². The third-order valence-electron chi connectivity index (χ3n) is 3.69. The van der Waals surface area contributed by atoms with Crippen LogP contribution >= 0.6 is 0 Å². The van der Waals surface area contributed by atoms with Crippen molar-refractivity contribution in [1.82, 2.24) is 24.8 Å². The van der Waals surface area contributed by atoms with Gasteiger partial charge in [-0.1, -0.05) is 35.5 Å². The molecule has 0 aliphatic carbocycles. The van der Waals surface area contributed by atoms with E-state index in [4.69, 9.17) is 0 Å². The predicted octanol–water partition coefficient (Wildman–Crippen LogP) is 2.36. The molecule has 0 radical (unpaired) electrons. The highest BCUT2D eigenvalue weighted by Gasteiger charge is 2.14. The third-order valence-corrected chi connectivity index (χ3v) is 3.69. The van der Waals surface area contributed by atoms with E-state index in [1.807, 2.05) is 36.0 Å². The van der Waals surface area contributed by atoms with Crippen LogP contribution in [0.3, 0.4) is 0 Å². The van der Waals surface area contributed by atoms with Crippen LogP contribution in [-0.2, 0) is 6.54 Å². The average molecular weight is 310 g/mol. The lowest BCUT2D eigenvalue weighted by molar-refractivity contribution is 0.101. The highest BCUT2D eigenvalue weighted by atomic mass is 16.2. The van der Waals surface area contributed by atoms with Gasteiger partial charge >= 0.3 is 0 Å². The summed E-state index contributed by atoms with van der Waals surface area (Å²) in [5.74, 6) is -0.247. The molecule has 0 bridgehead atoms. The van der Waals surface area contributed by atoms with Crippen LogP contribution in [0.25, 0.3) is 0 Å². The Hall–Kier alpha value is -2.96. The maximum atomic E-state index is 12.3. The number of benzene rings is 1. The molecule has 3 aromatic rings. The number of aromatic nitrogens is 5. The average Bonchev–Trinajstić information content (AvgIpc) is 3.23. The Balaban J connectivity index is 1.74. The summed E-state index contributed by atoms with van der Waals surface area (Å²) in [6, 6.07) is 10.2. The first-order valence-corrected chi connectivity index (χ1v) is 7.48. The number of nitrogens with zero attached hydrogens (tertiary/aromatic N) is 5. The van der Waals surface area contributed by atoms with Crippen LogP contribution in [0.4, 0.5) is 5.69 Å². The summed E-state index contributed by atoms with van der Waals surface area (Å²) < 4.78 is 3.37. The molecule has 0 fully saturated rings. The van der Waals surface area contributed by atoms with Gasteiger partial charge in [0, 0.05) is 12.7 Å². The van der Waals surface area contributed by atoms with Crippen LogP contribution in [0.2, 0.25) is 0 Å². The number of hydrogen-bond donors (Lipinski definition) is 1. The molecule has 2 aromatic heterocycles. The van der Waals surface area contributed by atoms with E-state index in [-0.39, 0.29) is 11.9 Å². The fraction of sp³-hybridized carbons (Fsp3) is 0.250. The summed E-state index contributed by atoms with van der Waals surface area (Å²) in [5.41, 5.74) is 2.22. The van der Waals surface area contributed by atoms with Crippen LogP contribution in [0.15, 0.2) is 48.9 Å². The maximum Gasteiger partial charge on any atom is 0.275 e. The Bertz CT molecular complexity index is 792. The maximum absolute atomic E-state index is 12.3. The van der Waals surface area contributed by atoms with E-state index in [0.717, 1.165) is 5.56 Å². The molecule has 0 spiro atoms. The Morgan fingerprint density at radius 3 is 2.78 bits per heavy atom. The highest BCUT2D eigenvalue weighted by molar-refractivity contribution is 6.02. The molecule has 1 N–H and O–H groups in total. The zero-order valence-corrected chi connectivity index (χ0v) is 13.0. The van der Waals surface area contributed by atoms with E-state index in [1.165, 1.54) is 6.20 Å². The van der Waals surface area contributed by atoms with E-state index < -0.39 is 0 Å². The number of amides is 1. The number of anilines is 1. The molecule has 118 valence electrons. The Labute approximate surface area is 133 Å². The molecule has 7 heteroatoms. The van der Waals surface area contributed by atoms with Gasteiger partial charge in [-0.05, 0) is 19.4 Å². The minimum atomic E-state index is -0.247. The number of hydrogen-bond acceptors (Lipinski definition) is 4. The van der Waals surface area contributed by atoms with Crippen molar-refractivity contribution < 1.29 is 4.79 Å². The standard InChI is InChI=1S/C16H18N6O/c1-3-21-15(10-17-20-21)16(23)19-14-9-18-22(11-14)12(2)13-7-5-4-6-8-13/h4-12H,3H2,1-2H3,(H,19,23). The summed E-state index contributed by atoms with van der Waals surface area (Å²) in [7, 11) is 0. The third kappa shape index (κ3) is 3.13. The van der Waals surface area contributed by atoms with Crippen LogP contribution < -0.4 is 5.32 Å². The normalized spacial score (nSPS) is 12.1. The van der Waals surface area contributed by atoms with Crippen molar-refractivity contribution in [1.29, 1.82) is 0 Å². The molecule has 23 heavy (non-hydrogen) atoms. The topological polar surface area (TPSA) is 77.6 Å². The second kappa shape index (κ2) is 6.43. The Morgan fingerprint density at radius 2 is 2.04 bits per heavy atom. The molecule has 1 amide bonds. The molecular weight excluding hydrogens is 292 g/mol. The van der Waals surface area contributed by atoms with Crippen LogP contribution in [0.1, 0.15) is 35.9 Å². The van der Waals surface area contributed by atoms with Gasteiger partial charge in [0.15, 0.2) is 0 Å². The molecule has 0 saturated carbocycles. The van der Waals surface area contributed by atoms with Crippen LogP contribution in [0.5, 0.6) is 0 Å². The molecule has 1 aromatic carbocycles. The van der Waals surface area contributed by atoms with Crippen molar-refractivity contribution in [2.75, 3.05) is 5.32 Å². The lowest BCUT2D eigenvalue weighted by atomic mass is 10.1. The van der Waals surface area contributed by atoms with Crippen LogP contribution in [0, 0.1) is 0 Å².